The lowest BCUT2D eigenvalue weighted by atomic mass is 10.3. The zero-order valence-electron chi connectivity index (χ0n) is 9.43. The minimum absolute atomic E-state index is 0.0297. The summed E-state index contributed by atoms with van der Waals surface area (Å²) in [6.45, 7) is 1.38. The van der Waals surface area contributed by atoms with E-state index in [4.69, 9.17) is 22.1 Å². The lowest BCUT2D eigenvalue weighted by Gasteiger charge is -2.16. The fraction of sp³-hybridized carbons (Fsp3) is 0.417. The first-order valence-corrected chi connectivity index (χ1v) is 5.94. The van der Waals surface area contributed by atoms with Crippen molar-refractivity contribution in [1.29, 1.82) is 0 Å². The molecule has 0 radical (unpaired) electrons. The van der Waals surface area contributed by atoms with E-state index in [2.05, 4.69) is 0 Å². The highest BCUT2D eigenvalue weighted by atomic mass is 35.5. The molecule has 1 amide bonds. The Bertz CT molecular complexity index is 411. The normalized spacial score (nSPS) is 19.4. The number of amides is 1. The van der Waals surface area contributed by atoms with Crippen molar-refractivity contribution < 1.29 is 9.53 Å². The Kier molecular flexibility index (Phi) is 3.86. The lowest BCUT2D eigenvalue weighted by molar-refractivity contribution is -0.132. The maximum Gasteiger partial charge on any atom is 0.260 e. The van der Waals surface area contributed by atoms with E-state index in [0.29, 0.717) is 17.3 Å². The summed E-state index contributed by atoms with van der Waals surface area (Å²) in [5.74, 6) is 0.576. The number of rotatable bonds is 3. The highest BCUT2D eigenvalue weighted by Gasteiger charge is 2.23. The fourth-order valence-corrected chi connectivity index (χ4v) is 1.99. The van der Waals surface area contributed by atoms with Crippen molar-refractivity contribution in [2.24, 2.45) is 5.73 Å². The molecule has 17 heavy (non-hydrogen) atoms. The Morgan fingerprint density at radius 2 is 2.41 bits per heavy atom. The van der Waals surface area contributed by atoms with Crippen LogP contribution in [0.2, 0.25) is 5.02 Å². The molecule has 1 aromatic rings. The van der Waals surface area contributed by atoms with E-state index in [1.54, 1.807) is 29.2 Å². The number of hydrogen-bond donors (Lipinski definition) is 1. The topological polar surface area (TPSA) is 55.6 Å². The van der Waals surface area contributed by atoms with Gasteiger partial charge in [-0.2, -0.15) is 0 Å². The molecular formula is C12H15ClN2O2. The van der Waals surface area contributed by atoms with E-state index in [1.165, 1.54) is 0 Å². The number of hydrogen-bond acceptors (Lipinski definition) is 3. The highest BCUT2D eigenvalue weighted by molar-refractivity contribution is 6.30. The number of halogens is 1. The standard InChI is InChI=1S/C12H15ClN2O2/c13-9-2-1-3-11(6-9)17-8-12(16)15-5-4-10(14)7-15/h1-3,6,10H,4-5,7-8,14H2/t10-/m1/s1. The summed E-state index contributed by atoms with van der Waals surface area (Å²) >= 11 is 5.81. The predicted octanol–water partition coefficient (Wildman–Crippen LogP) is 1.28. The third kappa shape index (κ3) is 3.35. The third-order valence-electron chi connectivity index (χ3n) is 2.74. The molecule has 5 heteroatoms. The third-order valence-corrected chi connectivity index (χ3v) is 2.97. The number of nitrogens with two attached hydrogens (primary N) is 1. The van der Waals surface area contributed by atoms with Gasteiger partial charge in [-0.1, -0.05) is 17.7 Å². The van der Waals surface area contributed by atoms with Gasteiger partial charge in [0.15, 0.2) is 6.61 Å². The van der Waals surface area contributed by atoms with E-state index < -0.39 is 0 Å². The van der Waals surface area contributed by atoms with E-state index in [-0.39, 0.29) is 18.6 Å². The zero-order valence-corrected chi connectivity index (χ0v) is 10.2. The van der Waals surface area contributed by atoms with Crippen LogP contribution in [0.25, 0.3) is 0 Å². The molecule has 1 aliphatic rings. The SMILES string of the molecule is N[C@@H]1CCN(C(=O)COc2cccc(Cl)c2)C1. The first-order valence-electron chi connectivity index (χ1n) is 5.57. The van der Waals surface area contributed by atoms with Gasteiger partial charge in [0.1, 0.15) is 5.75 Å². The van der Waals surface area contributed by atoms with Gasteiger partial charge in [-0.05, 0) is 24.6 Å². The number of carbonyl (C=O) groups excluding carboxylic acids is 1. The molecule has 1 aliphatic heterocycles. The molecule has 1 saturated heterocycles. The van der Waals surface area contributed by atoms with Gasteiger partial charge in [0.05, 0.1) is 0 Å². The molecule has 1 aromatic carbocycles. The van der Waals surface area contributed by atoms with E-state index in [0.717, 1.165) is 13.0 Å². The Hall–Kier alpha value is -1.26. The van der Waals surface area contributed by atoms with Crippen LogP contribution >= 0.6 is 11.6 Å². The molecule has 0 spiro atoms. The molecule has 4 nitrogen and oxygen atoms in total. The molecule has 0 aromatic heterocycles. The number of nitrogens with zero attached hydrogens (tertiary/aromatic N) is 1. The molecule has 0 bridgehead atoms. The van der Waals surface area contributed by atoms with Gasteiger partial charge >= 0.3 is 0 Å². The Morgan fingerprint density at radius 1 is 1.59 bits per heavy atom. The van der Waals surface area contributed by atoms with Crippen molar-refractivity contribution in [2.75, 3.05) is 19.7 Å². The van der Waals surface area contributed by atoms with Crippen molar-refractivity contribution in [2.45, 2.75) is 12.5 Å². The Morgan fingerprint density at radius 3 is 3.06 bits per heavy atom. The summed E-state index contributed by atoms with van der Waals surface area (Å²) in [6.07, 6.45) is 0.864. The van der Waals surface area contributed by atoms with Crippen LogP contribution in [0.5, 0.6) is 5.75 Å². The molecule has 0 unspecified atom stereocenters. The van der Waals surface area contributed by atoms with Gasteiger partial charge in [-0.15, -0.1) is 0 Å². The number of benzene rings is 1. The van der Waals surface area contributed by atoms with Crippen LogP contribution in [0, 0.1) is 0 Å². The predicted molar refractivity (Wildman–Crippen MR) is 66.1 cm³/mol. The molecule has 1 atom stereocenters. The summed E-state index contributed by atoms with van der Waals surface area (Å²) < 4.78 is 5.38. The van der Waals surface area contributed by atoms with Crippen molar-refractivity contribution in [3.8, 4) is 5.75 Å². The minimum Gasteiger partial charge on any atom is -0.484 e. The van der Waals surface area contributed by atoms with Gasteiger partial charge in [0, 0.05) is 24.2 Å². The molecule has 2 N–H and O–H groups in total. The van der Waals surface area contributed by atoms with E-state index >= 15 is 0 Å². The van der Waals surface area contributed by atoms with Gasteiger partial charge in [0.2, 0.25) is 0 Å². The first kappa shape index (κ1) is 12.2. The smallest absolute Gasteiger partial charge is 0.260 e. The summed E-state index contributed by atoms with van der Waals surface area (Å²) in [5.41, 5.74) is 5.74. The maximum atomic E-state index is 11.8. The van der Waals surface area contributed by atoms with Crippen LogP contribution in [-0.4, -0.2) is 36.5 Å². The molecule has 0 saturated carbocycles. The number of ether oxygens (including phenoxy) is 1. The van der Waals surface area contributed by atoms with E-state index in [1.807, 2.05) is 0 Å². The van der Waals surface area contributed by atoms with Crippen LogP contribution < -0.4 is 10.5 Å². The fourth-order valence-electron chi connectivity index (χ4n) is 1.81. The van der Waals surface area contributed by atoms with E-state index in [9.17, 15) is 4.79 Å². The summed E-state index contributed by atoms with van der Waals surface area (Å²) in [6, 6.07) is 7.11. The van der Waals surface area contributed by atoms with Gasteiger partial charge in [-0.25, -0.2) is 0 Å². The highest BCUT2D eigenvalue weighted by Crippen LogP contribution is 2.17. The van der Waals surface area contributed by atoms with Crippen LogP contribution in [0.1, 0.15) is 6.42 Å². The monoisotopic (exact) mass is 254 g/mol. The van der Waals surface area contributed by atoms with Crippen molar-refractivity contribution >= 4 is 17.5 Å². The Labute approximate surface area is 105 Å². The number of carbonyl (C=O) groups is 1. The van der Waals surface area contributed by atoms with Gasteiger partial charge < -0.3 is 15.4 Å². The lowest BCUT2D eigenvalue weighted by Crippen LogP contribution is -2.35. The minimum atomic E-state index is -0.0297. The molecule has 1 heterocycles. The van der Waals surface area contributed by atoms with Crippen molar-refractivity contribution in [3.05, 3.63) is 29.3 Å². The van der Waals surface area contributed by atoms with Crippen LogP contribution in [-0.2, 0) is 4.79 Å². The zero-order chi connectivity index (χ0) is 12.3. The van der Waals surface area contributed by atoms with Crippen molar-refractivity contribution in [3.63, 3.8) is 0 Å². The van der Waals surface area contributed by atoms with Crippen molar-refractivity contribution in [1.82, 2.24) is 4.90 Å². The molecule has 1 fully saturated rings. The average molecular weight is 255 g/mol. The molecule has 92 valence electrons. The quantitative estimate of drug-likeness (QED) is 0.884. The second kappa shape index (κ2) is 5.38. The van der Waals surface area contributed by atoms with Crippen LogP contribution in [0.4, 0.5) is 0 Å². The van der Waals surface area contributed by atoms with Crippen LogP contribution in [0.15, 0.2) is 24.3 Å². The largest absolute Gasteiger partial charge is 0.484 e. The van der Waals surface area contributed by atoms with Gasteiger partial charge in [-0.3, -0.25) is 4.79 Å². The molecular weight excluding hydrogens is 240 g/mol. The average Bonchev–Trinajstić information content (AvgIpc) is 2.73. The maximum absolute atomic E-state index is 11.8. The second-order valence-electron chi connectivity index (χ2n) is 4.13. The summed E-state index contributed by atoms with van der Waals surface area (Å²) in [4.78, 5) is 13.5. The second-order valence-corrected chi connectivity index (χ2v) is 4.57. The van der Waals surface area contributed by atoms with Crippen LogP contribution in [0.3, 0.4) is 0 Å². The first-order chi connectivity index (χ1) is 8.15. The summed E-state index contributed by atoms with van der Waals surface area (Å²) in [5, 5.41) is 0.596. The summed E-state index contributed by atoms with van der Waals surface area (Å²) in [7, 11) is 0. The molecule has 2 rings (SSSR count). The Balaban J connectivity index is 1.84. The van der Waals surface area contributed by atoms with Gasteiger partial charge in [0.25, 0.3) is 5.91 Å². The number of likely N-dealkylation sites (tertiary alicyclic amines) is 1. The molecule has 0 aliphatic carbocycles.